The molecular formula is C17H20N4O3. The SMILES string of the molecule is CC(C)(C)c1cnc(CNC(=O)C2CC(c3cccnc3)=NO2)o1. The van der Waals surface area contributed by atoms with E-state index >= 15 is 0 Å². The van der Waals surface area contributed by atoms with Crippen molar-refractivity contribution < 1.29 is 14.0 Å². The second kappa shape index (κ2) is 6.43. The molecule has 0 saturated carbocycles. The van der Waals surface area contributed by atoms with E-state index in [1.165, 1.54) is 0 Å². The van der Waals surface area contributed by atoms with Crippen molar-refractivity contribution >= 4 is 11.6 Å². The van der Waals surface area contributed by atoms with E-state index in [0.29, 0.717) is 12.3 Å². The van der Waals surface area contributed by atoms with Gasteiger partial charge in [-0.1, -0.05) is 25.9 Å². The lowest BCUT2D eigenvalue weighted by molar-refractivity contribution is -0.131. The van der Waals surface area contributed by atoms with Crippen LogP contribution in [-0.4, -0.2) is 27.7 Å². The monoisotopic (exact) mass is 328 g/mol. The predicted molar refractivity (Wildman–Crippen MR) is 87.3 cm³/mol. The molecule has 1 aliphatic heterocycles. The number of nitrogens with zero attached hydrogens (tertiary/aromatic N) is 3. The number of hydrogen-bond donors (Lipinski definition) is 1. The highest BCUT2D eigenvalue weighted by molar-refractivity contribution is 6.03. The van der Waals surface area contributed by atoms with Gasteiger partial charge in [-0.15, -0.1) is 0 Å². The molecule has 3 rings (SSSR count). The normalized spacial score (nSPS) is 17.3. The van der Waals surface area contributed by atoms with Crippen molar-refractivity contribution in [1.29, 1.82) is 0 Å². The van der Waals surface area contributed by atoms with Gasteiger partial charge in [0.1, 0.15) is 5.76 Å². The summed E-state index contributed by atoms with van der Waals surface area (Å²) in [6.07, 6.45) is 4.85. The van der Waals surface area contributed by atoms with Gasteiger partial charge in [0, 0.05) is 29.8 Å². The minimum absolute atomic E-state index is 0.115. The minimum atomic E-state index is -0.641. The predicted octanol–water partition coefficient (Wildman–Crippen LogP) is 2.18. The summed E-state index contributed by atoms with van der Waals surface area (Å²) in [6, 6.07) is 3.71. The van der Waals surface area contributed by atoms with Crippen LogP contribution in [0.2, 0.25) is 0 Å². The van der Waals surface area contributed by atoms with Gasteiger partial charge >= 0.3 is 0 Å². The van der Waals surface area contributed by atoms with Gasteiger partial charge in [0.2, 0.25) is 12.0 Å². The molecule has 1 N–H and O–H groups in total. The van der Waals surface area contributed by atoms with Crippen LogP contribution in [0, 0.1) is 0 Å². The Balaban J connectivity index is 1.53. The summed E-state index contributed by atoms with van der Waals surface area (Å²) in [5.41, 5.74) is 1.46. The Kier molecular flexibility index (Phi) is 4.33. The molecule has 1 atom stereocenters. The number of oxazole rings is 1. The molecule has 0 aromatic carbocycles. The van der Waals surface area contributed by atoms with Crippen LogP contribution in [0.1, 0.15) is 44.4 Å². The van der Waals surface area contributed by atoms with Crippen LogP contribution in [0.5, 0.6) is 0 Å². The Morgan fingerprint density at radius 1 is 1.38 bits per heavy atom. The first kappa shape index (κ1) is 16.2. The molecule has 2 aromatic rings. The highest BCUT2D eigenvalue weighted by atomic mass is 16.6. The van der Waals surface area contributed by atoms with Crippen molar-refractivity contribution in [2.45, 2.75) is 45.3 Å². The Hall–Kier alpha value is -2.70. The summed E-state index contributed by atoms with van der Waals surface area (Å²) in [6.45, 7) is 6.34. The van der Waals surface area contributed by atoms with Gasteiger partial charge in [-0.2, -0.15) is 0 Å². The lowest BCUT2D eigenvalue weighted by atomic mass is 9.94. The lowest BCUT2D eigenvalue weighted by Crippen LogP contribution is -2.34. The molecule has 126 valence electrons. The summed E-state index contributed by atoms with van der Waals surface area (Å²) in [4.78, 5) is 25.7. The van der Waals surface area contributed by atoms with E-state index in [2.05, 4.69) is 20.4 Å². The molecule has 1 unspecified atom stereocenters. The van der Waals surface area contributed by atoms with Crippen molar-refractivity contribution in [1.82, 2.24) is 15.3 Å². The largest absolute Gasteiger partial charge is 0.443 e. The number of pyridine rings is 1. The van der Waals surface area contributed by atoms with Gasteiger partial charge < -0.3 is 14.6 Å². The highest BCUT2D eigenvalue weighted by Gasteiger charge is 2.29. The fraction of sp³-hybridized carbons (Fsp3) is 0.412. The molecule has 7 nitrogen and oxygen atoms in total. The zero-order chi connectivity index (χ0) is 17.2. The van der Waals surface area contributed by atoms with E-state index in [-0.39, 0.29) is 17.9 Å². The molecule has 7 heteroatoms. The van der Waals surface area contributed by atoms with E-state index in [4.69, 9.17) is 9.25 Å². The number of oxime groups is 1. The van der Waals surface area contributed by atoms with Crippen molar-refractivity contribution in [2.24, 2.45) is 5.16 Å². The van der Waals surface area contributed by atoms with Gasteiger partial charge in [-0.25, -0.2) is 4.98 Å². The third-order valence-corrected chi connectivity index (χ3v) is 3.66. The van der Waals surface area contributed by atoms with Crippen LogP contribution in [-0.2, 0) is 21.6 Å². The third kappa shape index (κ3) is 3.61. The molecule has 0 fully saturated rings. The third-order valence-electron chi connectivity index (χ3n) is 3.66. The fourth-order valence-electron chi connectivity index (χ4n) is 2.24. The van der Waals surface area contributed by atoms with Gasteiger partial charge in [-0.3, -0.25) is 9.78 Å². The summed E-state index contributed by atoms with van der Waals surface area (Å²) >= 11 is 0. The molecule has 24 heavy (non-hydrogen) atoms. The number of carbonyl (C=O) groups is 1. The summed E-state index contributed by atoms with van der Waals surface area (Å²) in [5.74, 6) is 1.01. The Labute approximate surface area is 140 Å². The zero-order valence-electron chi connectivity index (χ0n) is 13.9. The minimum Gasteiger partial charge on any atom is -0.443 e. The maximum atomic E-state index is 12.2. The first-order valence-corrected chi connectivity index (χ1v) is 7.79. The van der Waals surface area contributed by atoms with Gasteiger partial charge in [0.05, 0.1) is 18.5 Å². The average molecular weight is 328 g/mol. The van der Waals surface area contributed by atoms with Crippen molar-refractivity contribution in [2.75, 3.05) is 0 Å². The molecule has 0 aliphatic carbocycles. The van der Waals surface area contributed by atoms with E-state index < -0.39 is 6.10 Å². The van der Waals surface area contributed by atoms with Gasteiger partial charge in [-0.05, 0) is 12.1 Å². The molecule has 3 heterocycles. The molecule has 2 aromatic heterocycles. The maximum Gasteiger partial charge on any atom is 0.264 e. The standard InChI is InChI=1S/C17H20N4O3/c1-17(2,3)14-9-19-15(23-14)10-20-16(22)13-7-12(21-24-13)11-5-4-6-18-8-11/h4-6,8-9,13H,7,10H2,1-3H3,(H,20,22). The van der Waals surface area contributed by atoms with Crippen LogP contribution < -0.4 is 5.32 Å². The second-order valence-corrected chi connectivity index (χ2v) is 6.66. The average Bonchev–Trinajstić information content (AvgIpc) is 3.22. The second-order valence-electron chi connectivity index (χ2n) is 6.66. The smallest absolute Gasteiger partial charge is 0.264 e. The first-order valence-electron chi connectivity index (χ1n) is 7.79. The zero-order valence-corrected chi connectivity index (χ0v) is 13.9. The van der Waals surface area contributed by atoms with E-state index in [1.54, 1.807) is 18.6 Å². The van der Waals surface area contributed by atoms with Crippen molar-refractivity contribution in [3.05, 3.63) is 47.9 Å². The number of carbonyl (C=O) groups excluding carboxylic acids is 1. The fourth-order valence-corrected chi connectivity index (χ4v) is 2.24. The van der Waals surface area contributed by atoms with E-state index in [0.717, 1.165) is 17.0 Å². The van der Waals surface area contributed by atoms with Crippen LogP contribution in [0.15, 0.2) is 40.3 Å². The molecule has 0 bridgehead atoms. The highest BCUT2D eigenvalue weighted by Crippen LogP contribution is 2.22. The van der Waals surface area contributed by atoms with Gasteiger partial charge in [0.15, 0.2) is 0 Å². The first-order chi connectivity index (χ1) is 11.4. The molecule has 1 amide bonds. The lowest BCUT2D eigenvalue weighted by Gasteiger charge is -2.13. The summed E-state index contributed by atoms with van der Waals surface area (Å²) in [5, 5.41) is 6.75. The molecule has 0 radical (unpaired) electrons. The number of nitrogens with one attached hydrogen (secondary N) is 1. The Morgan fingerprint density at radius 3 is 2.88 bits per heavy atom. The number of aromatic nitrogens is 2. The Morgan fingerprint density at radius 2 is 2.21 bits per heavy atom. The van der Waals surface area contributed by atoms with Crippen LogP contribution >= 0.6 is 0 Å². The summed E-state index contributed by atoms with van der Waals surface area (Å²) < 4.78 is 5.65. The molecular weight excluding hydrogens is 308 g/mol. The molecule has 0 spiro atoms. The number of hydrogen-bond acceptors (Lipinski definition) is 6. The summed E-state index contributed by atoms with van der Waals surface area (Å²) in [7, 11) is 0. The van der Waals surface area contributed by atoms with Crippen LogP contribution in [0.4, 0.5) is 0 Å². The topological polar surface area (TPSA) is 89.6 Å². The number of rotatable bonds is 4. The van der Waals surface area contributed by atoms with Crippen molar-refractivity contribution in [3.63, 3.8) is 0 Å². The molecule has 0 saturated heterocycles. The molecule has 1 aliphatic rings. The number of amides is 1. The van der Waals surface area contributed by atoms with Gasteiger partial charge in [0.25, 0.3) is 5.91 Å². The van der Waals surface area contributed by atoms with E-state index in [9.17, 15) is 4.79 Å². The quantitative estimate of drug-likeness (QED) is 0.929. The van der Waals surface area contributed by atoms with Crippen LogP contribution in [0.25, 0.3) is 0 Å². The van der Waals surface area contributed by atoms with Crippen molar-refractivity contribution in [3.8, 4) is 0 Å². The van der Waals surface area contributed by atoms with Crippen LogP contribution in [0.3, 0.4) is 0 Å². The maximum absolute atomic E-state index is 12.2. The Bertz CT molecular complexity index is 747. The van der Waals surface area contributed by atoms with E-state index in [1.807, 2.05) is 32.9 Å².